The molecule has 2 heterocycles. The van der Waals surface area contributed by atoms with Crippen LogP contribution in [0, 0.1) is 10.1 Å². The van der Waals surface area contributed by atoms with Crippen molar-refractivity contribution in [3.05, 3.63) is 51.4 Å². The van der Waals surface area contributed by atoms with Crippen LogP contribution in [0.1, 0.15) is 17.4 Å². The highest BCUT2D eigenvalue weighted by Gasteiger charge is 2.22. The molecule has 0 aliphatic rings. The van der Waals surface area contributed by atoms with E-state index >= 15 is 0 Å². The quantitative estimate of drug-likeness (QED) is 0.291. The topological polar surface area (TPSA) is 109 Å². The number of carbonyl (C=O) groups is 1. The second-order valence-electron chi connectivity index (χ2n) is 5.12. The maximum absolute atomic E-state index is 12.2. The summed E-state index contributed by atoms with van der Waals surface area (Å²) in [6.07, 6.45) is 1.42. The molecule has 134 valence electrons. The maximum atomic E-state index is 12.2. The lowest BCUT2D eigenvalue weighted by Crippen LogP contribution is -2.07. The molecule has 0 aliphatic heterocycles. The van der Waals surface area contributed by atoms with E-state index in [9.17, 15) is 14.9 Å². The summed E-state index contributed by atoms with van der Waals surface area (Å²) in [7, 11) is 1.38. The van der Waals surface area contributed by atoms with Crippen molar-refractivity contribution in [2.24, 2.45) is 0 Å². The van der Waals surface area contributed by atoms with Gasteiger partial charge in [-0.3, -0.25) is 10.1 Å². The van der Waals surface area contributed by atoms with Crippen LogP contribution in [0.15, 0.2) is 30.5 Å². The number of esters is 1. The van der Waals surface area contributed by atoms with Crippen molar-refractivity contribution >= 4 is 34.2 Å². The minimum absolute atomic E-state index is 0.0615. The first-order valence-electron chi connectivity index (χ1n) is 7.50. The number of halogens is 1. The lowest BCUT2D eigenvalue weighted by atomic mass is 10.2. The molecule has 0 bridgehead atoms. The van der Waals surface area contributed by atoms with Crippen LogP contribution in [-0.2, 0) is 4.74 Å². The third-order valence-electron chi connectivity index (χ3n) is 3.60. The van der Waals surface area contributed by atoms with E-state index < -0.39 is 10.9 Å². The zero-order valence-electron chi connectivity index (χ0n) is 13.8. The molecule has 0 aliphatic carbocycles. The summed E-state index contributed by atoms with van der Waals surface area (Å²) in [5.74, 6) is -0.395. The number of nitro groups is 1. The number of nitrogens with zero attached hydrogens (tertiary/aromatic N) is 4. The predicted octanol–water partition coefficient (Wildman–Crippen LogP) is 3.17. The molecule has 9 nitrogen and oxygen atoms in total. The van der Waals surface area contributed by atoms with E-state index in [1.165, 1.54) is 42.3 Å². The van der Waals surface area contributed by atoms with Gasteiger partial charge in [0.05, 0.1) is 35.6 Å². The number of rotatable bonds is 5. The molecule has 2 aromatic heterocycles. The first-order chi connectivity index (χ1) is 12.5. The third kappa shape index (κ3) is 3.04. The zero-order chi connectivity index (χ0) is 18.8. The number of fused-ring (bicyclic) bond motifs is 1. The molecule has 0 saturated heterocycles. The van der Waals surface area contributed by atoms with Gasteiger partial charge in [-0.1, -0.05) is 11.6 Å². The highest BCUT2D eigenvalue weighted by molar-refractivity contribution is 6.30. The number of ether oxygens (including phenoxy) is 2. The van der Waals surface area contributed by atoms with Crippen molar-refractivity contribution in [1.82, 2.24) is 14.8 Å². The van der Waals surface area contributed by atoms with Gasteiger partial charge in [-0.25, -0.2) is 14.5 Å². The molecule has 0 N–H and O–H groups in total. The van der Waals surface area contributed by atoms with Crippen LogP contribution >= 0.6 is 11.6 Å². The van der Waals surface area contributed by atoms with E-state index in [2.05, 4.69) is 10.1 Å². The van der Waals surface area contributed by atoms with E-state index in [1.807, 2.05) is 0 Å². The van der Waals surface area contributed by atoms with Gasteiger partial charge in [-0.2, -0.15) is 5.10 Å². The SMILES string of the molecule is CCOC(=O)c1nn(-c2ccc([N+](=O)[O-])cc2OC)c2cc(Cl)ncc12. The molecule has 0 amide bonds. The average molecular weight is 377 g/mol. The second-order valence-corrected chi connectivity index (χ2v) is 5.51. The fraction of sp³-hybridized carbons (Fsp3) is 0.188. The molecule has 0 saturated carbocycles. The molecule has 0 unspecified atom stereocenters. The number of benzene rings is 1. The van der Waals surface area contributed by atoms with Crippen molar-refractivity contribution in [2.75, 3.05) is 13.7 Å². The van der Waals surface area contributed by atoms with E-state index in [4.69, 9.17) is 21.1 Å². The summed E-state index contributed by atoms with van der Waals surface area (Å²) >= 11 is 5.98. The molecule has 10 heteroatoms. The molecule has 0 spiro atoms. The molecule has 0 atom stereocenters. The summed E-state index contributed by atoms with van der Waals surface area (Å²) in [6.45, 7) is 1.88. The minimum Gasteiger partial charge on any atom is -0.494 e. The van der Waals surface area contributed by atoms with Gasteiger partial charge in [0.1, 0.15) is 10.8 Å². The highest BCUT2D eigenvalue weighted by Crippen LogP contribution is 2.31. The molecule has 0 radical (unpaired) electrons. The van der Waals surface area contributed by atoms with Crippen LogP contribution in [0.2, 0.25) is 5.15 Å². The molecular weight excluding hydrogens is 364 g/mol. The van der Waals surface area contributed by atoms with Gasteiger partial charge in [0, 0.05) is 18.3 Å². The zero-order valence-corrected chi connectivity index (χ0v) is 14.6. The third-order valence-corrected chi connectivity index (χ3v) is 3.81. The molecule has 1 aromatic carbocycles. The van der Waals surface area contributed by atoms with Gasteiger partial charge in [-0.15, -0.1) is 0 Å². The van der Waals surface area contributed by atoms with Crippen molar-refractivity contribution in [1.29, 1.82) is 0 Å². The fourth-order valence-corrected chi connectivity index (χ4v) is 2.63. The molecule has 26 heavy (non-hydrogen) atoms. The first kappa shape index (κ1) is 17.6. The number of pyridine rings is 1. The number of aromatic nitrogens is 3. The van der Waals surface area contributed by atoms with E-state index in [0.717, 1.165) is 0 Å². The lowest BCUT2D eigenvalue weighted by Gasteiger charge is -2.09. The average Bonchev–Trinajstić information content (AvgIpc) is 2.99. The summed E-state index contributed by atoms with van der Waals surface area (Å²) in [5, 5.41) is 15.9. The van der Waals surface area contributed by atoms with Crippen molar-refractivity contribution in [3.8, 4) is 11.4 Å². The van der Waals surface area contributed by atoms with Crippen LogP contribution in [0.5, 0.6) is 5.75 Å². The largest absolute Gasteiger partial charge is 0.494 e. The Balaban J connectivity index is 2.26. The van der Waals surface area contributed by atoms with E-state index in [-0.39, 0.29) is 28.9 Å². The second kappa shape index (κ2) is 6.96. The van der Waals surface area contributed by atoms with Crippen LogP contribution in [-0.4, -0.2) is 39.4 Å². The number of non-ortho nitro benzene ring substituents is 1. The van der Waals surface area contributed by atoms with Gasteiger partial charge in [-0.05, 0) is 13.0 Å². The monoisotopic (exact) mass is 376 g/mol. The summed E-state index contributed by atoms with van der Waals surface area (Å²) in [4.78, 5) is 26.6. The Kier molecular flexibility index (Phi) is 4.72. The van der Waals surface area contributed by atoms with Crippen LogP contribution < -0.4 is 4.74 Å². The molecule has 0 fully saturated rings. The van der Waals surface area contributed by atoms with Crippen molar-refractivity contribution in [2.45, 2.75) is 6.92 Å². The Morgan fingerprint density at radius 1 is 1.38 bits per heavy atom. The first-order valence-corrected chi connectivity index (χ1v) is 7.88. The van der Waals surface area contributed by atoms with Gasteiger partial charge in [0.15, 0.2) is 11.4 Å². The van der Waals surface area contributed by atoms with E-state index in [0.29, 0.717) is 16.6 Å². The Morgan fingerprint density at radius 2 is 2.15 bits per heavy atom. The minimum atomic E-state index is -0.610. The molecule has 3 rings (SSSR count). The number of hydrogen-bond acceptors (Lipinski definition) is 7. The maximum Gasteiger partial charge on any atom is 0.359 e. The van der Waals surface area contributed by atoms with E-state index in [1.54, 1.807) is 6.92 Å². The summed E-state index contributed by atoms with van der Waals surface area (Å²) in [5.41, 5.74) is 0.819. The van der Waals surface area contributed by atoms with Crippen LogP contribution in [0.4, 0.5) is 5.69 Å². The van der Waals surface area contributed by atoms with Crippen LogP contribution in [0.25, 0.3) is 16.6 Å². The summed E-state index contributed by atoms with van der Waals surface area (Å²) < 4.78 is 11.7. The Morgan fingerprint density at radius 3 is 2.81 bits per heavy atom. The Hall–Kier alpha value is -3.20. The smallest absolute Gasteiger partial charge is 0.359 e. The normalized spacial score (nSPS) is 10.7. The van der Waals surface area contributed by atoms with Crippen molar-refractivity contribution in [3.63, 3.8) is 0 Å². The van der Waals surface area contributed by atoms with Crippen molar-refractivity contribution < 1.29 is 19.2 Å². The predicted molar refractivity (Wildman–Crippen MR) is 93.0 cm³/mol. The molecular formula is C16H13ClN4O5. The lowest BCUT2D eigenvalue weighted by molar-refractivity contribution is -0.384. The highest BCUT2D eigenvalue weighted by atomic mass is 35.5. The van der Waals surface area contributed by atoms with Gasteiger partial charge >= 0.3 is 5.97 Å². The Labute approximate surface area is 152 Å². The summed E-state index contributed by atoms with van der Waals surface area (Å²) in [6, 6.07) is 5.61. The number of carbonyl (C=O) groups excluding carboxylic acids is 1. The fourth-order valence-electron chi connectivity index (χ4n) is 2.47. The van der Waals surface area contributed by atoms with Gasteiger partial charge < -0.3 is 9.47 Å². The van der Waals surface area contributed by atoms with Gasteiger partial charge in [0.25, 0.3) is 5.69 Å². The standard InChI is InChI=1S/C16H13ClN4O5/c1-3-26-16(22)15-10-8-18-14(17)7-12(10)20(19-15)11-5-4-9(21(23)24)6-13(11)25-2/h4-8H,3H2,1-2H3. The van der Waals surface area contributed by atoms with Crippen LogP contribution in [0.3, 0.4) is 0 Å². The number of hydrogen-bond donors (Lipinski definition) is 0. The Bertz CT molecular complexity index is 1020. The van der Waals surface area contributed by atoms with Gasteiger partial charge in [0.2, 0.25) is 0 Å². The number of nitro benzene ring substituents is 1. The molecule has 3 aromatic rings. The number of methoxy groups -OCH3 is 1.